The number of carbonyl (C=O) groups is 1. The average Bonchev–Trinajstić information content (AvgIpc) is 2.67. The number of hydrogen-bond donors (Lipinski definition) is 2. The molecule has 2 saturated heterocycles. The first-order valence-corrected chi connectivity index (χ1v) is 9.41. The van der Waals surface area contributed by atoms with Gasteiger partial charge in [-0.05, 0) is 32.8 Å². The van der Waals surface area contributed by atoms with E-state index in [0.29, 0.717) is 32.9 Å². The molecular formula is C20H30N2O4. The molecule has 0 aliphatic carbocycles. The summed E-state index contributed by atoms with van der Waals surface area (Å²) in [5.41, 5.74) is 2.17. The van der Waals surface area contributed by atoms with Crippen molar-refractivity contribution in [2.24, 2.45) is 0 Å². The van der Waals surface area contributed by atoms with E-state index >= 15 is 0 Å². The standard InChI is InChI=1S/C20H30N2O4/c1-14-4-5-17(24-3)16(12-14)20(6-9-25-10-7-20)13-22-19(23)18-15(2)26-11-8-21-18/h4-5,12,15,18,21H,6-11,13H2,1-3H3,(H,22,23)/t15-,18+/m1/s1. The van der Waals surface area contributed by atoms with Crippen LogP contribution < -0.4 is 15.4 Å². The van der Waals surface area contributed by atoms with E-state index in [9.17, 15) is 4.79 Å². The summed E-state index contributed by atoms with van der Waals surface area (Å²) in [7, 11) is 1.70. The lowest BCUT2D eigenvalue weighted by Gasteiger charge is -2.39. The summed E-state index contributed by atoms with van der Waals surface area (Å²) < 4.78 is 16.8. The third kappa shape index (κ3) is 4.03. The molecule has 0 unspecified atom stereocenters. The Morgan fingerprint density at radius 2 is 2.12 bits per heavy atom. The first-order chi connectivity index (χ1) is 12.6. The highest BCUT2D eigenvalue weighted by atomic mass is 16.5. The molecule has 0 bridgehead atoms. The second kappa shape index (κ2) is 8.37. The highest BCUT2D eigenvalue weighted by Gasteiger charge is 2.38. The summed E-state index contributed by atoms with van der Waals surface area (Å²) >= 11 is 0. The van der Waals surface area contributed by atoms with Gasteiger partial charge in [0.25, 0.3) is 0 Å². The monoisotopic (exact) mass is 362 g/mol. The molecular weight excluding hydrogens is 332 g/mol. The lowest BCUT2D eigenvalue weighted by molar-refractivity contribution is -0.129. The minimum atomic E-state index is -0.306. The number of morpholine rings is 1. The van der Waals surface area contributed by atoms with E-state index < -0.39 is 0 Å². The van der Waals surface area contributed by atoms with Gasteiger partial charge in [0, 0.05) is 37.3 Å². The Bertz CT molecular complexity index is 628. The Morgan fingerprint density at radius 1 is 1.35 bits per heavy atom. The van der Waals surface area contributed by atoms with Gasteiger partial charge in [-0.1, -0.05) is 17.7 Å². The average molecular weight is 362 g/mol. The summed E-state index contributed by atoms with van der Waals surface area (Å²) in [5, 5.41) is 6.42. The fourth-order valence-electron chi connectivity index (χ4n) is 3.93. The minimum Gasteiger partial charge on any atom is -0.496 e. The fourth-order valence-corrected chi connectivity index (χ4v) is 3.93. The Labute approximate surface area is 155 Å². The van der Waals surface area contributed by atoms with Crippen LogP contribution in [0.15, 0.2) is 18.2 Å². The normalized spacial score (nSPS) is 25.5. The summed E-state index contributed by atoms with van der Waals surface area (Å²) in [4.78, 5) is 12.7. The summed E-state index contributed by atoms with van der Waals surface area (Å²) in [6, 6.07) is 5.95. The van der Waals surface area contributed by atoms with Gasteiger partial charge in [0.1, 0.15) is 11.8 Å². The number of nitrogens with one attached hydrogen (secondary N) is 2. The Morgan fingerprint density at radius 3 is 2.81 bits per heavy atom. The Balaban J connectivity index is 1.80. The first kappa shape index (κ1) is 19.1. The number of hydrogen-bond acceptors (Lipinski definition) is 5. The number of aryl methyl sites for hydroxylation is 1. The van der Waals surface area contributed by atoms with Crippen LogP contribution in [-0.2, 0) is 19.7 Å². The number of ether oxygens (including phenoxy) is 3. The first-order valence-electron chi connectivity index (χ1n) is 9.41. The lowest BCUT2D eigenvalue weighted by atomic mass is 9.73. The quantitative estimate of drug-likeness (QED) is 0.832. The maximum atomic E-state index is 12.7. The molecule has 144 valence electrons. The van der Waals surface area contributed by atoms with Crippen molar-refractivity contribution in [2.75, 3.05) is 40.0 Å². The van der Waals surface area contributed by atoms with Crippen molar-refractivity contribution in [1.29, 1.82) is 0 Å². The number of carbonyl (C=O) groups excluding carboxylic acids is 1. The van der Waals surface area contributed by atoms with Crippen molar-refractivity contribution in [1.82, 2.24) is 10.6 Å². The van der Waals surface area contributed by atoms with Gasteiger partial charge in [-0.2, -0.15) is 0 Å². The van der Waals surface area contributed by atoms with Gasteiger partial charge in [0.15, 0.2) is 0 Å². The van der Waals surface area contributed by atoms with Gasteiger partial charge in [0.05, 0.1) is 19.8 Å². The van der Waals surface area contributed by atoms with Crippen LogP contribution in [0.25, 0.3) is 0 Å². The van der Waals surface area contributed by atoms with E-state index in [-0.39, 0.29) is 23.5 Å². The van der Waals surface area contributed by atoms with Crippen LogP contribution in [0.5, 0.6) is 5.75 Å². The minimum absolute atomic E-state index is 0.00492. The van der Waals surface area contributed by atoms with E-state index in [2.05, 4.69) is 29.7 Å². The molecule has 6 heteroatoms. The van der Waals surface area contributed by atoms with Crippen LogP contribution in [0, 0.1) is 6.92 Å². The number of amides is 1. The van der Waals surface area contributed by atoms with Crippen molar-refractivity contribution < 1.29 is 19.0 Å². The molecule has 1 aromatic rings. The SMILES string of the molecule is COc1ccc(C)cc1C1(CNC(=O)[C@H]2NCCO[C@@H]2C)CCOCC1. The van der Waals surface area contributed by atoms with Crippen molar-refractivity contribution in [3.63, 3.8) is 0 Å². The van der Waals surface area contributed by atoms with Crippen LogP contribution in [0.4, 0.5) is 0 Å². The van der Waals surface area contributed by atoms with Gasteiger partial charge in [-0.3, -0.25) is 4.79 Å². The van der Waals surface area contributed by atoms with Crippen LogP contribution in [0.3, 0.4) is 0 Å². The van der Waals surface area contributed by atoms with E-state index in [1.165, 1.54) is 5.56 Å². The molecule has 2 N–H and O–H groups in total. The second-order valence-corrected chi connectivity index (χ2v) is 7.32. The molecule has 2 aliphatic rings. The smallest absolute Gasteiger partial charge is 0.239 e. The van der Waals surface area contributed by atoms with Crippen molar-refractivity contribution in [2.45, 2.75) is 44.2 Å². The highest BCUT2D eigenvalue weighted by Crippen LogP contribution is 2.40. The zero-order valence-corrected chi connectivity index (χ0v) is 16.0. The predicted octanol–water partition coefficient (Wildman–Crippen LogP) is 1.54. The molecule has 2 heterocycles. The molecule has 0 aromatic heterocycles. The number of benzene rings is 1. The largest absolute Gasteiger partial charge is 0.496 e. The maximum Gasteiger partial charge on any atom is 0.239 e. The van der Waals surface area contributed by atoms with Crippen LogP contribution in [0.1, 0.15) is 30.9 Å². The predicted molar refractivity (Wildman–Crippen MR) is 99.7 cm³/mol. The molecule has 0 radical (unpaired) electrons. The molecule has 2 fully saturated rings. The molecule has 0 saturated carbocycles. The third-order valence-corrected chi connectivity index (χ3v) is 5.58. The summed E-state index contributed by atoms with van der Waals surface area (Å²) in [6.45, 7) is 7.31. The molecule has 2 aliphatic heterocycles. The Hall–Kier alpha value is -1.63. The van der Waals surface area contributed by atoms with E-state index in [1.54, 1.807) is 7.11 Å². The van der Waals surface area contributed by atoms with Gasteiger partial charge in [-0.15, -0.1) is 0 Å². The Kier molecular flexibility index (Phi) is 6.16. The number of methoxy groups -OCH3 is 1. The highest BCUT2D eigenvalue weighted by molar-refractivity contribution is 5.82. The zero-order valence-electron chi connectivity index (χ0n) is 16.0. The van der Waals surface area contributed by atoms with E-state index in [4.69, 9.17) is 14.2 Å². The van der Waals surface area contributed by atoms with Crippen molar-refractivity contribution in [3.8, 4) is 5.75 Å². The van der Waals surface area contributed by atoms with Crippen LogP contribution in [0.2, 0.25) is 0 Å². The molecule has 0 spiro atoms. The van der Waals surface area contributed by atoms with Gasteiger partial charge in [0.2, 0.25) is 5.91 Å². The van der Waals surface area contributed by atoms with Crippen LogP contribution >= 0.6 is 0 Å². The third-order valence-electron chi connectivity index (χ3n) is 5.58. The van der Waals surface area contributed by atoms with E-state index in [0.717, 1.165) is 24.2 Å². The second-order valence-electron chi connectivity index (χ2n) is 7.32. The van der Waals surface area contributed by atoms with Crippen LogP contribution in [-0.4, -0.2) is 58.1 Å². The fraction of sp³-hybridized carbons (Fsp3) is 0.650. The molecule has 1 aromatic carbocycles. The van der Waals surface area contributed by atoms with Gasteiger partial charge < -0.3 is 24.8 Å². The maximum absolute atomic E-state index is 12.7. The van der Waals surface area contributed by atoms with Gasteiger partial charge in [-0.25, -0.2) is 0 Å². The molecule has 26 heavy (non-hydrogen) atoms. The zero-order chi connectivity index (χ0) is 18.6. The molecule has 3 rings (SSSR count). The van der Waals surface area contributed by atoms with E-state index in [1.807, 2.05) is 13.0 Å². The summed E-state index contributed by atoms with van der Waals surface area (Å²) in [6.07, 6.45) is 1.59. The van der Waals surface area contributed by atoms with Gasteiger partial charge >= 0.3 is 0 Å². The topological polar surface area (TPSA) is 68.8 Å². The molecule has 1 amide bonds. The molecule has 6 nitrogen and oxygen atoms in total. The summed E-state index contributed by atoms with van der Waals surface area (Å²) in [5.74, 6) is 0.869. The molecule has 2 atom stereocenters. The van der Waals surface area contributed by atoms with Crippen molar-refractivity contribution in [3.05, 3.63) is 29.3 Å². The van der Waals surface area contributed by atoms with Crippen molar-refractivity contribution >= 4 is 5.91 Å². The number of rotatable bonds is 5. The lowest BCUT2D eigenvalue weighted by Crippen LogP contribution is -2.57.